The number of hydrogen-bond donors (Lipinski definition) is 1. The van der Waals surface area contributed by atoms with Crippen LogP contribution in [0, 0.1) is 0 Å². The van der Waals surface area contributed by atoms with Gasteiger partial charge in [0.1, 0.15) is 10.8 Å². The topological polar surface area (TPSA) is 82.2 Å². The van der Waals surface area contributed by atoms with Gasteiger partial charge in [-0.05, 0) is 28.4 Å². The zero-order chi connectivity index (χ0) is 10.4. The van der Waals surface area contributed by atoms with Crippen LogP contribution in [0.4, 0.5) is 5.69 Å². The van der Waals surface area contributed by atoms with Crippen LogP contribution in [0.1, 0.15) is 0 Å². The van der Waals surface area contributed by atoms with Crippen LogP contribution in [0.15, 0.2) is 29.4 Å². The molecule has 1 rings (SSSR count). The molecular weight excluding hydrogens is 232 g/mol. The quantitative estimate of drug-likeness (QED) is 0.286. The highest BCUT2D eigenvalue weighted by Crippen LogP contribution is 2.14. The highest BCUT2D eigenvalue weighted by atomic mass is 35.5. The summed E-state index contributed by atoms with van der Waals surface area (Å²) in [4.78, 5) is 0. The van der Waals surface area contributed by atoms with Crippen molar-refractivity contribution in [2.24, 2.45) is 5.11 Å². The Morgan fingerprint density at radius 1 is 1.43 bits per heavy atom. The van der Waals surface area contributed by atoms with E-state index in [4.69, 9.17) is 16.9 Å². The third kappa shape index (κ3) is 3.84. The molecule has 0 aliphatic carbocycles. The van der Waals surface area contributed by atoms with Crippen molar-refractivity contribution in [3.8, 4) is 0 Å². The maximum absolute atomic E-state index is 10.6. The van der Waals surface area contributed by atoms with Crippen LogP contribution in [0.3, 0.4) is 0 Å². The first-order valence-corrected chi connectivity index (χ1v) is 4.71. The molecule has 0 atom stereocenters. The second-order valence-corrected chi connectivity index (χ2v) is 3.19. The lowest BCUT2D eigenvalue weighted by atomic mass is 10.3. The summed E-state index contributed by atoms with van der Waals surface area (Å²) in [5.74, 6) is 0. The number of hydrogen-bond acceptors (Lipinski definition) is 6. The second-order valence-electron chi connectivity index (χ2n) is 2.02. The van der Waals surface area contributed by atoms with Crippen LogP contribution in [-0.2, 0) is 24.5 Å². The van der Waals surface area contributed by atoms with Gasteiger partial charge in [-0.15, -0.1) is 0 Å². The summed E-state index contributed by atoms with van der Waals surface area (Å²) in [6, 6.07) is 6.34. The minimum absolute atomic E-state index is 0.448. The Morgan fingerprint density at radius 3 is 2.64 bits per heavy atom. The molecule has 0 radical (unpaired) electrons. The Bertz CT molecular complexity index is 408. The van der Waals surface area contributed by atoms with E-state index < -0.39 is 10.9 Å². The summed E-state index contributed by atoms with van der Waals surface area (Å²) < 4.78 is 17.5. The maximum atomic E-state index is 10.6. The lowest BCUT2D eigenvalue weighted by Crippen LogP contribution is -1.86. The number of rotatable bonds is 3. The Kier molecular flexibility index (Phi) is 4.54. The SMILES string of the molecule is O=[S-](=[N+]=Nc1ccc(Cl)cc1)OOO. The molecule has 0 heterocycles. The van der Waals surface area contributed by atoms with Crippen LogP contribution >= 0.6 is 11.6 Å². The van der Waals surface area contributed by atoms with Gasteiger partial charge < -0.3 is 4.21 Å². The third-order valence-electron chi connectivity index (χ3n) is 1.14. The molecule has 0 unspecified atom stereocenters. The molecule has 1 aromatic rings. The van der Waals surface area contributed by atoms with E-state index in [1.54, 1.807) is 24.3 Å². The van der Waals surface area contributed by atoms with Gasteiger partial charge in [0.05, 0.1) is 0 Å². The van der Waals surface area contributed by atoms with E-state index in [1.165, 1.54) is 0 Å². The largest absolute Gasteiger partial charge is 0.349 e. The van der Waals surface area contributed by atoms with Crippen molar-refractivity contribution in [1.29, 1.82) is 0 Å². The third-order valence-corrected chi connectivity index (χ3v) is 1.78. The van der Waals surface area contributed by atoms with Crippen molar-refractivity contribution >= 4 is 28.2 Å². The van der Waals surface area contributed by atoms with E-state index >= 15 is 0 Å². The normalized spacial score (nSPS) is 9.93. The summed E-state index contributed by atoms with van der Waals surface area (Å²) in [7, 11) is -2.17. The van der Waals surface area contributed by atoms with E-state index in [2.05, 4.69) is 18.6 Å². The fourth-order valence-corrected chi connectivity index (χ4v) is 0.994. The molecule has 76 valence electrons. The van der Waals surface area contributed by atoms with Gasteiger partial charge in [-0.2, -0.15) is 0 Å². The van der Waals surface area contributed by atoms with Crippen LogP contribution in [0.25, 0.3) is 0 Å². The summed E-state index contributed by atoms with van der Waals surface area (Å²) in [5, 5.41) is 14.9. The summed E-state index contributed by atoms with van der Waals surface area (Å²) >= 11 is 5.61. The fraction of sp³-hybridized carbons (Fsp3) is 0. The van der Waals surface area contributed by atoms with Gasteiger partial charge in [-0.1, -0.05) is 16.6 Å². The molecule has 0 amide bonds. The summed E-state index contributed by atoms with van der Waals surface area (Å²) in [6.07, 6.45) is 0. The maximum Gasteiger partial charge on any atom is 0.297 e. The molecule has 0 aliphatic rings. The molecule has 0 aliphatic heterocycles. The molecule has 8 heteroatoms. The van der Waals surface area contributed by atoms with Gasteiger partial charge in [-0.3, -0.25) is 0 Å². The highest BCUT2D eigenvalue weighted by Gasteiger charge is 1.92. The minimum Gasteiger partial charge on any atom is -0.349 e. The van der Waals surface area contributed by atoms with Crippen LogP contribution < -0.4 is 4.16 Å². The Morgan fingerprint density at radius 2 is 2.07 bits per heavy atom. The second kappa shape index (κ2) is 5.71. The van der Waals surface area contributed by atoms with E-state index in [0.717, 1.165) is 0 Å². The summed E-state index contributed by atoms with van der Waals surface area (Å²) in [6.45, 7) is 0. The average molecular weight is 237 g/mol. The molecule has 1 aromatic carbocycles. The lowest BCUT2D eigenvalue weighted by molar-refractivity contribution is -0.434. The number of halogens is 1. The van der Waals surface area contributed by atoms with Crippen LogP contribution in [0.2, 0.25) is 5.02 Å². The fourth-order valence-electron chi connectivity index (χ4n) is 0.628. The first-order valence-electron chi connectivity index (χ1n) is 3.30. The smallest absolute Gasteiger partial charge is 0.297 e. The first-order chi connectivity index (χ1) is 6.72. The molecule has 0 aromatic heterocycles. The Hall–Kier alpha value is -0.950. The lowest BCUT2D eigenvalue weighted by Gasteiger charge is -1.86. The van der Waals surface area contributed by atoms with Crippen LogP contribution in [0.5, 0.6) is 0 Å². The number of benzene rings is 1. The zero-order valence-corrected chi connectivity index (χ0v) is 8.23. The van der Waals surface area contributed by atoms with Gasteiger partial charge in [-0.25, -0.2) is 9.59 Å². The monoisotopic (exact) mass is 236 g/mol. The molecule has 0 fully saturated rings. The van der Waals surface area contributed by atoms with E-state index in [-0.39, 0.29) is 0 Å². The first kappa shape index (κ1) is 11.1. The highest BCUT2D eigenvalue weighted by molar-refractivity contribution is 7.68. The van der Waals surface area contributed by atoms with Gasteiger partial charge in [0.25, 0.3) is 10.9 Å². The Labute approximate surface area is 86.0 Å². The van der Waals surface area contributed by atoms with E-state index in [0.29, 0.717) is 10.7 Å². The standard InChI is InChI=1S/C6H5ClN2O4S/c7-5-1-3-6(4-2-5)8-9-14(11)13-12-10/h1-4,10H. The number of nitrogens with zero attached hydrogens (tertiary/aromatic N) is 2. The van der Waals surface area contributed by atoms with Crippen molar-refractivity contribution in [3.63, 3.8) is 0 Å². The van der Waals surface area contributed by atoms with Crippen LogP contribution in [-0.4, -0.2) is 5.26 Å². The molecular formula is C6H5ClN2O4S. The van der Waals surface area contributed by atoms with Crippen molar-refractivity contribution in [2.45, 2.75) is 0 Å². The molecule has 6 nitrogen and oxygen atoms in total. The van der Waals surface area contributed by atoms with Gasteiger partial charge in [0.15, 0.2) is 0 Å². The molecule has 1 N–H and O–H groups in total. The van der Waals surface area contributed by atoms with Gasteiger partial charge in [0.2, 0.25) is 0 Å². The molecule has 14 heavy (non-hydrogen) atoms. The molecule has 0 spiro atoms. The average Bonchev–Trinajstić information content (AvgIpc) is 2.17. The van der Waals surface area contributed by atoms with E-state index in [1.807, 2.05) is 0 Å². The molecule has 0 saturated carbocycles. The van der Waals surface area contributed by atoms with E-state index in [9.17, 15) is 4.21 Å². The van der Waals surface area contributed by atoms with Gasteiger partial charge in [0, 0.05) is 5.02 Å². The Balaban J connectivity index is 2.83. The van der Waals surface area contributed by atoms with Gasteiger partial charge >= 0.3 is 0 Å². The van der Waals surface area contributed by atoms with Crippen molar-refractivity contribution in [2.75, 3.05) is 0 Å². The van der Waals surface area contributed by atoms with Crippen molar-refractivity contribution < 1.29 is 18.8 Å². The molecule has 0 bridgehead atoms. The van der Waals surface area contributed by atoms with Crippen molar-refractivity contribution in [3.05, 3.63) is 29.3 Å². The summed E-state index contributed by atoms with van der Waals surface area (Å²) in [5.41, 5.74) is 0.448. The minimum atomic E-state index is -2.17. The zero-order valence-electron chi connectivity index (χ0n) is 6.66. The predicted octanol–water partition coefficient (Wildman–Crippen LogP) is 1.97. The predicted molar refractivity (Wildman–Crippen MR) is 48.5 cm³/mol. The van der Waals surface area contributed by atoms with Crippen molar-refractivity contribution in [1.82, 2.24) is 4.16 Å². The molecule has 0 saturated heterocycles.